The second-order valence-corrected chi connectivity index (χ2v) is 11.1. The minimum absolute atomic E-state index is 0.0554. The summed E-state index contributed by atoms with van der Waals surface area (Å²) in [6, 6.07) is 11.2. The van der Waals surface area contributed by atoms with Crippen molar-refractivity contribution in [2.45, 2.75) is 58.2 Å². The Bertz CT molecular complexity index is 1170. The molecule has 1 fully saturated rings. The van der Waals surface area contributed by atoms with E-state index in [0.29, 0.717) is 41.7 Å². The first-order chi connectivity index (χ1) is 19.3. The van der Waals surface area contributed by atoms with E-state index in [4.69, 9.17) is 32.7 Å². The third kappa shape index (κ3) is 7.40. The molecule has 2 aromatic rings. The third-order valence-corrected chi connectivity index (χ3v) is 8.48. The predicted octanol–water partition coefficient (Wildman–Crippen LogP) is 5.14. The first kappa shape index (κ1) is 30.4. The maximum atomic E-state index is 12.8. The summed E-state index contributed by atoms with van der Waals surface area (Å²) in [5.41, 5.74) is 2.81. The van der Waals surface area contributed by atoms with Crippen molar-refractivity contribution in [1.29, 1.82) is 0 Å². The van der Waals surface area contributed by atoms with Crippen LogP contribution in [0.5, 0.6) is 5.75 Å². The number of carbonyl (C=O) groups excluding carboxylic acids is 2. The highest BCUT2D eigenvalue weighted by molar-refractivity contribution is 6.43. The minimum Gasteiger partial charge on any atom is -0.494 e. The molecule has 10 heteroatoms. The molecule has 2 aliphatic heterocycles. The van der Waals surface area contributed by atoms with Gasteiger partial charge in [-0.15, -0.1) is 0 Å². The summed E-state index contributed by atoms with van der Waals surface area (Å²) in [5.74, 6) is 0.297. The second kappa shape index (κ2) is 14.4. The summed E-state index contributed by atoms with van der Waals surface area (Å²) in [6.07, 6.45) is 2.92. The number of piperazine rings is 1. The number of nitrogens with one attached hydrogen (secondary N) is 1. The number of anilines is 2. The van der Waals surface area contributed by atoms with Crippen molar-refractivity contribution in [3.8, 4) is 5.75 Å². The van der Waals surface area contributed by atoms with Crippen LogP contribution in [0.3, 0.4) is 0 Å². The van der Waals surface area contributed by atoms with Crippen LogP contribution in [0, 0.1) is 0 Å². The average molecular weight is 592 g/mol. The molecule has 0 aromatic heterocycles. The standard InChI is InChI=1S/C30H40Cl2N4O4/c1-4-25(33-3)30(38)40-21(2)36-27-20-23(12-10-22(27)11-13-28(36)37)39-19-6-5-14-34-15-17-35(18-16-34)26-9-7-8-24(31)29(26)32/h7-10,12,20-21,25,33H,4-6,11,13-19H2,1-3H3. The van der Waals surface area contributed by atoms with Gasteiger partial charge in [0.25, 0.3) is 0 Å². The largest absolute Gasteiger partial charge is 0.494 e. The quantitative estimate of drug-likeness (QED) is 0.271. The zero-order chi connectivity index (χ0) is 28.6. The fourth-order valence-corrected chi connectivity index (χ4v) is 5.75. The van der Waals surface area contributed by atoms with E-state index >= 15 is 0 Å². The van der Waals surface area contributed by atoms with Gasteiger partial charge in [-0.2, -0.15) is 0 Å². The lowest BCUT2D eigenvalue weighted by Crippen LogP contribution is -2.46. The van der Waals surface area contributed by atoms with Gasteiger partial charge < -0.3 is 19.7 Å². The molecule has 4 rings (SSSR count). The number of fused-ring (bicyclic) bond motifs is 1. The smallest absolute Gasteiger partial charge is 0.325 e. The highest BCUT2D eigenvalue weighted by atomic mass is 35.5. The van der Waals surface area contributed by atoms with Crippen LogP contribution >= 0.6 is 23.2 Å². The molecule has 1 N–H and O–H groups in total. The molecule has 1 amide bonds. The van der Waals surface area contributed by atoms with Crippen LogP contribution in [0.15, 0.2) is 36.4 Å². The summed E-state index contributed by atoms with van der Waals surface area (Å²) in [5, 5.41) is 4.17. The van der Waals surface area contributed by atoms with Gasteiger partial charge >= 0.3 is 5.97 Å². The SMILES string of the molecule is CCC(NC)C(=O)OC(C)N1C(=O)CCc2ccc(OCCCCN3CCN(c4cccc(Cl)c4Cl)CC3)cc21. The fourth-order valence-electron chi connectivity index (χ4n) is 5.33. The molecule has 1 saturated heterocycles. The zero-order valence-electron chi connectivity index (χ0n) is 23.6. The van der Waals surface area contributed by atoms with E-state index in [2.05, 4.69) is 15.1 Å². The first-order valence-corrected chi connectivity index (χ1v) is 14.9. The summed E-state index contributed by atoms with van der Waals surface area (Å²) < 4.78 is 11.7. The molecule has 2 aliphatic rings. The zero-order valence-corrected chi connectivity index (χ0v) is 25.1. The monoisotopic (exact) mass is 590 g/mol. The molecule has 40 heavy (non-hydrogen) atoms. The van der Waals surface area contributed by atoms with E-state index < -0.39 is 12.3 Å². The van der Waals surface area contributed by atoms with Gasteiger partial charge in [0.05, 0.1) is 28.0 Å². The molecule has 0 saturated carbocycles. The average Bonchev–Trinajstić information content (AvgIpc) is 2.95. The molecule has 0 bridgehead atoms. The van der Waals surface area contributed by atoms with Gasteiger partial charge in [0.2, 0.25) is 5.91 Å². The highest BCUT2D eigenvalue weighted by Crippen LogP contribution is 2.34. The minimum atomic E-state index is -0.702. The van der Waals surface area contributed by atoms with E-state index in [0.717, 1.165) is 62.5 Å². The molecule has 2 heterocycles. The lowest BCUT2D eigenvalue weighted by atomic mass is 10.0. The lowest BCUT2D eigenvalue weighted by Gasteiger charge is -2.36. The molecule has 8 nitrogen and oxygen atoms in total. The fraction of sp³-hybridized carbons (Fsp3) is 0.533. The number of aryl methyl sites for hydroxylation is 1. The molecule has 0 radical (unpaired) electrons. The summed E-state index contributed by atoms with van der Waals surface area (Å²) in [7, 11) is 1.73. The van der Waals surface area contributed by atoms with Crippen LogP contribution in [0.4, 0.5) is 11.4 Å². The molecular formula is C30H40Cl2N4O4. The van der Waals surface area contributed by atoms with Crippen molar-refractivity contribution in [2.24, 2.45) is 0 Å². The number of benzene rings is 2. The molecule has 218 valence electrons. The van der Waals surface area contributed by atoms with Gasteiger partial charge in [-0.1, -0.05) is 42.3 Å². The highest BCUT2D eigenvalue weighted by Gasteiger charge is 2.32. The maximum Gasteiger partial charge on any atom is 0.325 e. The second-order valence-electron chi connectivity index (χ2n) is 10.3. The molecule has 2 aromatic carbocycles. The Morgan fingerprint density at radius 2 is 1.82 bits per heavy atom. The van der Waals surface area contributed by atoms with Crippen molar-refractivity contribution in [2.75, 3.05) is 56.2 Å². The molecule has 2 unspecified atom stereocenters. The number of esters is 1. The Kier molecular flexibility index (Phi) is 11.0. The number of amides is 1. The Hall–Kier alpha value is -2.52. The summed E-state index contributed by atoms with van der Waals surface area (Å²) in [6.45, 7) is 9.06. The molecule has 0 aliphatic carbocycles. The molecule has 0 spiro atoms. The normalized spacial score (nSPS) is 17.4. The summed E-state index contributed by atoms with van der Waals surface area (Å²) >= 11 is 12.6. The van der Waals surface area contributed by atoms with E-state index in [9.17, 15) is 9.59 Å². The number of halogens is 2. The number of ether oxygens (including phenoxy) is 2. The van der Waals surface area contributed by atoms with Gasteiger partial charge in [-0.25, -0.2) is 0 Å². The van der Waals surface area contributed by atoms with Gasteiger partial charge in [0.15, 0.2) is 6.23 Å². The van der Waals surface area contributed by atoms with Crippen LogP contribution in [-0.2, 0) is 20.7 Å². The van der Waals surface area contributed by atoms with Crippen molar-refractivity contribution in [3.63, 3.8) is 0 Å². The van der Waals surface area contributed by atoms with E-state index in [1.165, 1.54) is 0 Å². The topological polar surface area (TPSA) is 74.3 Å². The number of nitrogens with zero attached hydrogens (tertiary/aromatic N) is 3. The lowest BCUT2D eigenvalue weighted by molar-refractivity contribution is -0.151. The molecular weight excluding hydrogens is 551 g/mol. The Morgan fingerprint density at radius 1 is 1.05 bits per heavy atom. The number of hydrogen-bond acceptors (Lipinski definition) is 7. The van der Waals surface area contributed by atoms with E-state index in [1.807, 2.05) is 43.3 Å². The molecule has 2 atom stereocenters. The van der Waals surface area contributed by atoms with Gasteiger partial charge in [0.1, 0.15) is 11.8 Å². The van der Waals surface area contributed by atoms with Crippen molar-refractivity contribution in [3.05, 3.63) is 52.0 Å². The maximum absolute atomic E-state index is 12.8. The number of hydrogen-bond donors (Lipinski definition) is 1. The van der Waals surface area contributed by atoms with Gasteiger partial charge in [0, 0.05) is 38.7 Å². The first-order valence-electron chi connectivity index (χ1n) is 14.2. The van der Waals surface area contributed by atoms with Crippen LogP contribution in [0.2, 0.25) is 10.0 Å². The van der Waals surface area contributed by atoms with Gasteiger partial charge in [-0.05, 0) is 70.0 Å². The van der Waals surface area contributed by atoms with Crippen molar-refractivity contribution >= 4 is 46.5 Å². The van der Waals surface area contributed by atoms with Crippen LogP contribution in [0.25, 0.3) is 0 Å². The number of unbranched alkanes of at least 4 members (excludes halogenated alkanes) is 1. The van der Waals surface area contributed by atoms with Crippen LogP contribution in [0.1, 0.15) is 45.1 Å². The van der Waals surface area contributed by atoms with E-state index in [1.54, 1.807) is 18.9 Å². The Balaban J connectivity index is 1.24. The van der Waals surface area contributed by atoms with E-state index in [-0.39, 0.29) is 11.9 Å². The van der Waals surface area contributed by atoms with Crippen LogP contribution in [-0.4, -0.2) is 75.4 Å². The van der Waals surface area contributed by atoms with Crippen molar-refractivity contribution < 1.29 is 19.1 Å². The van der Waals surface area contributed by atoms with Crippen LogP contribution < -0.4 is 19.9 Å². The van der Waals surface area contributed by atoms with Gasteiger partial charge in [-0.3, -0.25) is 19.4 Å². The number of likely N-dealkylation sites (N-methyl/N-ethyl adjacent to an activating group) is 1. The number of rotatable bonds is 12. The Morgan fingerprint density at radius 3 is 2.55 bits per heavy atom. The Labute approximate surface area is 247 Å². The summed E-state index contributed by atoms with van der Waals surface area (Å²) in [4.78, 5) is 31.7. The van der Waals surface area contributed by atoms with Crippen molar-refractivity contribution in [1.82, 2.24) is 10.2 Å². The predicted molar refractivity (Wildman–Crippen MR) is 161 cm³/mol. The third-order valence-electron chi connectivity index (χ3n) is 7.67. The number of carbonyl (C=O) groups is 2.